The summed E-state index contributed by atoms with van der Waals surface area (Å²) in [7, 11) is 0. The Morgan fingerprint density at radius 3 is 1.84 bits per heavy atom. The van der Waals surface area contributed by atoms with E-state index in [-0.39, 0.29) is 0 Å². The standard InChI is InChI=1S/C47H28N2OS/c1-2-13-29(14-3-1)40-28-41(30-25-26-34-33-17-6-10-23-42(33)50-43(34)27-30)49-46(48-40)35-18-12-22-39-45(35)51-44-24-11-9-21-38(44)47(39)36-19-7-4-15-31(36)32-16-5-8-20-37(32)47/h1-28H. The zero-order valence-electron chi connectivity index (χ0n) is 27.4. The van der Waals surface area contributed by atoms with Crippen LogP contribution in [0.15, 0.2) is 184 Å². The monoisotopic (exact) mass is 668 g/mol. The molecule has 0 unspecified atom stereocenters. The van der Waals surface area contributed by atoms with Crippen LogP contribution in [0.5, 0.6) is 0 Å². The van der Waals surface area contributed by atoms with Gasteiger partial charge < -0.3 is 4.42 Å². The lowest BCUT2D eigenvalue weighted by molar-refractivity contribution is 0.669. The number of nitrogens with zero attached hydrogens (tertiary/aromatic N) is 2. The molecule has 0 N–H and O–H groups in total. The number of benzene rings is 7. The van der Waals surface area contributed by atoms with Gasteiger partial charge in [-0.15, -0.1) is 0 Å². The Bertz CT molecular complexity index is 2810. The van der Waals surface area contributed by atoms with Gasteiger partial charge in [0.25, 0.3) is 0 Å². The van der Waals surface area contributed by atoms with Crippen LogP contribution in [-0.2, 0) is 5.41 Å². The van der Waals surface area contributed by atoms with E-state index >= 15 is 0 Å². The van der Waals surface area contributed by atoms with Crippen molar-refractivity contribution < 1.29 is 4.42 Å². The number of hydrogen-bond donors (Lipinski definition) is 0. The van der Waals surface area contributed by atoms with Crippen molar-refractivity contribution in [2.75, 3.05) is 0 Å². The summed E-state index contributed by atoms with van der Waals surface area (Å²) in [6, 6.07) is 60.6. The second-order valence-corrected chi connectivity index (χ2v) is 14.3. The third kappa shape index (κ3) is 4.08. The Morgan fingerprint density at radius 1 is 0.431 bits per heavy atom. The maximum Gasteiger partial charge on any atom is 0.161 e. The van der Waals surface area contributed by atoms with Crippen LogP contribution in [0.25, 0.3) is 67.0 Å². The minimum atomic E-state index is -0.466. The highest BCUT2D eigenvalue weighted by atomic mass is 32.2. The summed E-state index contributed by atoms with van der Waals surface area (Å²) in [5, 5.41) is 2.21. The second kappa shape index (κ2) is 10.9. The Labute approximate surface area is 299 Å². The minimum Gasteiger partial charge on any atom is -0.456 e. The second-order valence-electron chi connectivity index (χ2n) is 13.3. The van der Waals surface area contributed by atoms with Gasteiger partial charge in [-0.05, 0) is 63.7 Å². The molecule has 2 aliphatic rings. The van der Waals surface area contributed by atoms with Gasteiger partial charge in [0.2, 0.25) is 0 Å². The summed E-state index contributed by atoms with van der Waals surface area (Å²) in [5.41, 5.74) is 13.8. The minimum absolute atomic E-state index is 0.466. The molecule has 238 valence electrons. The van der Waals surface area contributed by atoms with E-state index in [2.05, 4.69) is 152 Å². The number of fused-ring (bicyclic) bond motifs is 12. The van der Waals surface area contributed by atoms with Gasteiger partial charge in [-0.25, -0.2) is 9.97 Å². The zero-order chi connectivity index (χ0) is 33.5. The predicted molar refractivity (Wildman–Crippen MR) is 207 cm³/mol. The highest BCUT2D eigenvalue weighted by Crippen LogP contribution is 2.63. The molecular formula is C47H28N2OS. The highest BCUT2D eigenvalue weighted by molar-refractivity contribution is 7.99. The lowest BCUT2D eigenvalue weighted by Crippen LogP contribution is -2.32. The largest absolute Gasteiger partial charge is 0.456 e. The topological polar surface area (TPSA) is 38.9 Å². The van der Waals surface area contributed by atoms with Crippen molar-refractivity contribution >= 4 is 33.7 Å². The van der Waals surface area contributed by atoms with Gasteiger partial charge in [0.15, 0.2) is 5.82 Å². The molecule has 11 rings (SSSR count). The first-order valence-electron chi connectivity index (χ1n) is 17.2. The normalized spacial score (nSPS) is 13.6. The van der Waals surface area contributed by atoms with E-state index in [4.69, 9.17) is 14.4 Å². The van der Waals surface area contributed by atoms with Crippen molar-refractivity contribution in [2.24, 2.45) is 0 Å². The highest BCUT2D eigenvalue weighted by Gasteiger charge is 2.50. The number of rotatable bonds is 3. The molecule has 0 radical (unpaired) electrons. The molecule has 2 aromatic heterocycles. The average molecular weight is 669 g/mol. The summed E-state index contributed by atoms with van der Waals surface area (Å²) in [5.74, 6) is 0.703. The summed E-state index contributed by atoms with van der Waals surface area (Å²) < 4.78 is 6.32. The van der Waals surface area contributed by atoms with E-state index in [1.54, 1.807) is 0 Å². The molecule has 9 aromatic rings. The molecule has 0 atom stereocenters. The van der Waals surface area contributed by atoms with Crippen LogP contribution >= 0.6 is 11.8 Å². The van der Waals surface area contributed by atoms with Gasteiger partial charge in [0.05, 0.1) is 16.8 Å². The van der Waals surface area contributed by atoms with E-state index in [1.807, 2.05) is 30.0 Å². The van der Waals surface area contributed by atoms with Crippen LogP contribution in [0.4, 0.5) is 0 Å². The lowest BCUT2D eigenvalue weighted by atomic mass is 9.67. The molecule has 0 bridgehead atoms. The first-order chi connectivity index (χ1) is 25.3. The molecule has 0 amide bonds. The van der Waals surface area contributed by atoms with E-state index in [9.17, 15) is 0 Å². The van der Waals surface area contributed by atoms with Crippen LogP contribution < -0.4 is 0 Å². The Morgan fingerprint density at radius 2 is 1.04 bits per heavy atom. The predicted octanol–water partition coefficient (Wildman–Crippen LogP) is 12.2. The summed E-state index contributed by atoms with van der Waals surface area (Å²) in [4.78, 5) is 13.1. The van der Waals surface area contributed by atoms with Crippen molar-refractivity contribution in [3.63, 3.8) is 0 Å². The molecule has 7 aromatic carbocycles. The molecule has 0 fully saturated rings. The maximum absolute atomic E-state index is 6.32. The number of para-hydroxylation sites is 1. The van der Waals surface area contributed by atoms with Gasteiger partial charge in [-0.2, -0.15) is 0 Å². The van der Waals surface area contributed by atoms with Crippen molar-refractivity contribution in [3.05, 3.63) is 192 Å². The Balaban J connectivity index is 1.17. The van der Waals surface area contributed by atoms with Crippen molar-refractivity contribution in [3.8, 4) is 45.0 Å². The summed E-state index contributed by atoms with van der Waals surface area (Å²) >= 11 is 1.83. The molecule has 3 heterocycles. The van der Waals surface area contributed by atoms with Crippen LogP contribution in [-0.4, -0.2) is 9.97 Å². The van der Waals surface area contributed by atoms with Gasteiger partial charge >= 0.3 is 0 Å². The smallest absolute Gasteiger partial charge is 0.161 e. The maximum atomic E-state index is 6.32. The summed E-state index contributed by atoms with van der Waals surface area (Å²) in [6.07, 6.45) is 0. The van der Waals surface area contributed by atoms with Gasteiger partial charge in [-0.3, -0.25) is 0 Å². The molecule has 4 heteroatoms. The van der Waals surface area contributed by atoms with E-state index in [0.29, 0.717) is 5.82 Å². The Kier molecular flexibility index (Phi) is 6.10. The van der Waals surface area contributed by atoms with Gasteiger partial charge in [0.1, 0.15) is 11.2 Å². The van der Waals surface area contributed by atoms with Crippen LogP contribution in [0.3, 0.4) is 0 Å². The van der Waals surface area contributed by atoms with Crippen molar-refractivity contribution in [1.82, 2.24) is 9.97 Å². The molecule has 3 nitrogen and oxygen atoms in total. The first-order valence-corrected chi connectivity index (χ1v) is 18.1. The third-order valence-corrected chi connectivity index (χ3v) is 11.8. The van der Waals surface area contributed by atoms with E-state index in [0.717, 1.165) is 50.0 Å². The van der Waals surface area contributed by atoms with Crippen LogP contribution in [0.1, 0.15) is 22.3 Å². The molecule has 1 aliphatic carbocycles. The number of furan rings is 1. The molecule has 0 saturated heterocycles. The molecule has 51 heavy (non-hydrogen) atoms. The summed E-state index contributed by atoms with van der Waals surface area (Å²) in [6.45, 7) is 0. The van der Waals surface area contributed by atoms with Crippen molar-refractivity contribution in [1.29, 1.82) is 0 Å². The quantitative estimate of drug-likeness (QED) is 0.188. The van der Waals surface area contributed by atoms with Crippen molar-refractivity contribution in [2.45, 2.75) is 15.2 Å². The fraction of sp³-hybridized carbons (Fsp3) is 0.0213. The molecule has 1 aliphatic heterocycles. The van der Waals surface area contributed by atoms with Crippen LogP contribution in [0.2, 0.25) is 0 Å². The molecule has 0 saturated carbocycles. The fourth-order valence-corrected chi connectivity index (χ4v) is 9.71. The lowest BCUT2D eigenvalue weighted by Gasteiger charge is -2.40. The van der Waals surface area contributed by atoms with Crippen LogP contribution in [0, 0.1) is 0 Å². The number of aromatic nitrogens is 2. The van der Waals surface area contributed by atoms with E-state index in [1.165, 1.54) is 43.2 Å². The fourth-order valence-electron chi connectivity index (χ4n) is 8.41. The first kappa shape index (κ1) is 28.6. The van der Waals surface area contributed by atoms with Gasteiger partial charge in [-0.1, -0.05) is 151 Å². The number of hydrogen-bond acceptors (Lipinski definition) is 4. The average Bonchev–Trinajstić information content (AvgIpc) is 3.72. The Hall–Kier alpha value is -6.23. The molecular weight excluding hydrogens is 641 g/mol. The van der Waals surface area contributed by atoms with E-state index < -0.39 is 5.41 Å². The molecule has 1 spiro atoms. The third-order valence-electron chi connectivity index (χ3n) is 10.6. The SMILES string of the molecule is c1ccc(-c2cc(-c3ccc4c(c3)oc3ccccc34)nc(-c3cccc4c3Sc3ccccc3C43c4ccccc4-c4ccccc43)n2)cc1. The zero-order valence-corrected chi connectivity index (χ0v) is 28.2. The van der Waals surface area contributed by atoms with Gasteiger partial charge in [0, 0.05) is 37.3 Å².